The van der Waals surface area contributed by atoms with Crippen LogP contribution >= 0.6 is 11.6 Å². The first kappa shape index (κ1) is 18.7. The molecular weight excluding hydrogens is 390 g/mol. The summed E-state index contributed by atoms with van der Waals surface area (Å²) >= 11 is 5.89. The van der Waals surface area contributed by atoms with Crippen LogP contribution in [0, 0.1) is 0 Å². The fourth-order valence-corrected chi connectivity index (χ4v) is 2.94. The lowest BCUT2D eigenvalue weighted by Crippen LogP contribution is -2.32. The highest BCUT2D eigenvalue weighted by molar-refractivity contribution is 6.30. The lowest BCUT2D eigenvalue weighted by atomic mass is 10.2. The van der Waals surface area contributed by atoms with Crippen LogP contribution in [-0.2, 0) is 6.61 Å². The van der Waals surface area contributed by atoms with Crippen molar-refractivity contribution in [2.45, 2.75) is 6.61 Å². The molecule has 4 aromatic rings. The van der Waals surface area contributed by atoms with Crippen LogP contribution in [0.5, 0.6) is 5.75 Å². The summed E-state index contributed by atoms with van der Waals surface area (Å²) in [5, 5.41) is 5.12. The number of aromatic amines is 1. The van der Waals surface area contributed by atoms with E-state index in [9.17, 15) is 9.59 Å². The molecule has 0 atom stereocenters. The Morgan fingerprint density at radius 1 is 1.00 bits per heavy atom. The van der Waals surface area contributed by atoms with Gasteiger partial charge in [0.25, 0.3) is 5.56 Å². The van der Waals surface area contributed by atoms with E-state index in [1.54, 1.807) is 36.4 Å². The number of para-hydroxylation sites is 1. The molecule has 0 saturated heterocycles. The predicted octanol–water partition coefficient (Wildman–Crippen LogP) is 3.80. The summed E-state index contributed by atoms with van der Waals surface area (Å²) in [6, 6.07) is 21.4. The Bertz CT molecular complexity index is 1310. The van der Waals surface area contributed by atoms with Crippen molar-refractivity contribution in [2.75, 3.05) is 0 Å². The average Bonchev–Trinajstić information content (AvgIpc) is 2.73. The molecule has 29 heavy (non-hydrogen) atoms. The van der Waals surface area contributed by atoms with Crippen molar-refractivity contribution < 1.29 is 4.74 Å². The SMILES string of the molecule is O=c1[nH]c2ccccc2c(=O)n1N=Cc1cccc(OCc2ccc(Cl)cc2)c1. The Morgan fingerprint density at radius 3 is 2.62 bits per heavy atom. The van der Waals surface area contributed by atoms with Crippen molar-refractivity contribution in [1.82, 2.24) is 9.66 Å². The normalized spacial score (nSPS) is 11.2. The standard InChI is InChI=1S/C22H16ClN3O3/c23-17-10-8-15(9-11-17)14-29-18-5-3-4-16(12-18)13-24-26-21(27)19-6-1-2-7-20(19)25-22(26)28/h1-13H,14H2,(H,25,28). The van der Waals surface area contributed by atoms with Crippen molar-refractivity contribution in [3.05, 3.63) is 110 Å². The molecule has 0 spiro atoms. The second-order valence-electron chi connectivity index (χ2n) is 6.32. The van der Waals surface area contributed by atoms with Gasteiger partial charge in [-0.25, -0.2) is 4.79 Å². The molecule has 6 nitrogen and oxygen atoms in total. The number of aromatic nitrogens is 2. The van der Waals surface area contributed by atoms with Gasteiger partial charge in [-0.3, -0.25) is 4.79 Å². The molecular formula is C22H16ClN3O3. The third kappa shape index (κ3) is 4.28. The number of nitrogens with one attached hydrogen (secondary N) is 1. The molecule has 4 rings (SSSR count). The second kappa shape index (κ2) is 8.16. The summed E-state index contributed by atoms with van der Waals surface area (Å²) in [5.74, 6) is 0.642. The quantitative estimate of drug-likeness (QED) is 0.513. The summed E-state index contributed by atoms with van der Waals surface area (Å²) in [6.45, 7) is 0.390. The Morgan fingerprint density at radius 2 is 1.79 bits per heavy atom. The fraction of sp³-hybridized carbons (Fsp3) is 0.0455. The van der Waals surface area contributed by atoms with E-state index in [-0.39, 0.29) is 0 Å². The highest BCUT2D eigenvalue weighted by Crippen LogP contribution is 2.16. The molecule has 0 aliphatic rings. The van der Waals surface area contributed by atoms with Crippen molar-refractivity contribution in [2.24, 2.45) is 5.10 Å². The molecule has 144 valence electrons. The highest BCUT2D eigenvalue weighted by Gasteiger charge is 2.05. The van der Waals surface area contributed by atoms with Crippen LogP contribution in [0.15, 0.2) is 87.5 Å². The second-order valence-corrected chi connectivity index (χ2v) is 6.76. The maximum atomic E-state index is 12.5. The van der Waals surface area contributed by atoms with Gasteiger partial charge in [-0.15, -0.1) is 4.68 Å². The Hall–Kier alpha value is -3.64. The number of rotatable bonds is 5. The van der Waals surface area contributed by atoms with Crippen LogP contribution in [-0.4, -0.2) is 15.9 Å². The smallest absolute Gasteiger partial charge is 0.349 e. The van der Waals surface area contributed by atoms with Crippen molar-refractivity contribution in [3.8, 4) is 5.75 Å². The number of fused-ring (bicyclic) bond motifs is 1. The van der Waals surface area contributed by atoms with E-state index in [2.05, 4.69) is 10.1 Å². The highest BCUT2D eigenvalue weighted by atomic mass is 35.5. The minimum absolute atomic E-state index is 0.390. The van der Waals surface area contributed by atoms with E-state index in [4.69, 9.17) is 16.3 Å². The first-order valence-electron chi connectivity index (χ1n) is 8.86. The van der Waals surface area contributed by atoms with E-state index in [1.807, 2.05) is 36.4 Å². The van der Waals surface area contributed by atoms with Crippen LogP contribution in [0.4, 0.5) is 0 Å². The van der Waals surface area contributed by atoms with Gasteiger partial charge in [-0.2, -0.15) is 5.10 Å². The Balaban J connectivity index is 1.56. The van der Waals surface area contributed by atoms with E-state index in [1.165, 1.54) is 6.21 Å². The first-order chi connectivity index (χ1) is 14.1. The summed E-state index contributed by atoms with van der Waals surface area (Å²) in [6.07, 6.45) is 1.45. The van der Waals surface area contributed by atoms with Gasteiger partial charge in [-0.05, 0) is 47.5 Å². The number of H-pyrrole nitrogens is 1. The number of hydrogen-bond acceptors (Lipinski definition) is 4. The third-order valence-electron chi connectivity index (χ3n) is 4.28. The van der Waals surface area contributed by atoms with Gasteiger partial charge >= 0.3 is 5.69 Å². The van der Waals surface area contributed by atoms with E-state index in [0.29, 0.717) is 33.8 Å². The van der Waals surface area contributed by atoms with Crippen molar-refractivity contribution >= 4 is 28.7 Å². The number of nitrogens with zero attached hydrogens (tertiary/aromatic N) is 2. The van der Waals surface area contributed by atoms with E-state index in [0.717, 1.165) is 10.2 Å². The lowest BCUT2D eigenvalue weighted by Gasteiger charge is -2.07. The molecule has 0 unspecified atom stereocenters. The molecule has 1 heterocycles. The van der Waals surface area contributed by atoms with Crippen LogP contribution < -0.4 is 16.0 Å². The topological polar surface area (TPSA) is 76.5 Å². The summed E-state index contributed by atoms with van der Waals surface area (Å²) in [5.41, 5.74) is 1.09. The molecule has 0 radical (unpaired) electrons. The largest absolute Gasteiger partial charge is 0.489 e. The molecule has 0 saturated carbocycles. The molecule has 0 aliphatic heterocycles. The number of benzene rings is 3. The summed E-state index contributed by atoms with van der Waals surface area (Å²) in [4.78, 5) is 27.3. The van der Waals surface area contributed by atoms with Crippen LogP contribution in [0.2, 0.25) is 5.02 Å². The number of ether oxygens (including phenoxy) is 1. The van der Waals surface area contributed by atoms with Gasteiger partial charge in [0.15, 0.2) is 0 Å². The molecule has 1 N–H and O–H groups in total. The van der Waals surface area contributed by atoms with Crippen LogP contribution in [0.25, 0.3) is 10.9 Å². The van der Waals surface area contributed by atoms with Crippen LogP contribution in [0.1, 0.15) is 11.1 Å². The third-order valence-corrected chi connectivity index (χ3v) is 4.53. The summed E-state index contributed by atoms with van der Waals surface area (Å²) in [7, 11) is 0. The van der Waals surface area contributed by atoms with Gasteiger partial charge in [0.2, 0.25) is 0 Å². The van der Waals surface area contributed by atoms with Crippen molar-refractivity contribution in [1.29, 1.82) is 0 Å². The van der Waals surface area contributed by atoms with E-state index >= 15 is 0 Å². The maximum Gasteiger partial charge on any atom is 0.349 e. The van der Waals surface area contributed by atoms with Crippen molar-refractivity contribution in [3.63, 3.8) is 0 Å². The zero-order valence-corrected chi connectivity index (χ0v) is 16.0. The zero-order valence-electron chi connectivity index (χ0n) is 15.2. The zero-order chi connectivity index (χ0) is 20.2. The van der Waals surface area contributed by atoms with Crippen LogP contribution in [0.3, 0.4) is 0 Å². The first-order valence-corrected chi connectivity index (χ1v) is 9.24. The van der Waals surface area contributed by atoms with E-state index < -0.39 is 11.2 Å². The monoisotopic (exact) mass is 405 g/mol. The lowest BCUT2D eigenvalue weighted by molar-refractivity contribution is 0.306. The number of hydrogen-bond donors (Lipinski definition) is 1. The molecule has 3 aromatic carbocycles. The summed E-state index contributed by atoms with van der Waals surface area (Å²) < 4.78 is 6.60. The van der Waals surface area contributed by atoms with Gasteiger partial charge in [0.05, 0.1) is 17.1 Å². The molecule has 0 fully saturated rings. The van der Waals surface area contributed by atoms with Gasteiger partial charge < -0.3 is 9.72 Å². The minimum atomic E-state index is -0.597. The average molecular weight is 406 g/mol. The predicted molar refractivity (Wildman–Crippen MR) is 114 cm³/mol. The molecule has 0 aliphatic carbocycles. The fourth-order valence-electron chi connectivity index (χ4n) is 2.81. The molecule has 7 heteroatoms. The Kier molecular flexibility index (Phi) is 5.27. The van der Waals surface area contributed by atoms with Gasteiger partial charge in [0, 0.05) is 5.02 Å². The maximum absolute atomic E-state index is 12.5. The molecule has 1 aromatic heterocycles. The van der Waals surface area contributed by atoms with Gasteiger partial charge in [0.1, 0.15) is 12.4 Å². The molecule has 0 bridgehead atoms. The number of halogens is 1. The van der Waals surface area contributed by atoms with Gasteiger partial charge in [-0.1, -0.05) is 48.0 Å². The Labute approximate surface area is 170 Å². The molecule has 0 amide bonds. The minimum Gasteiger partial charge on any atom is -0.489 e.